The van der Waals surface area contributed by atoms with Crippen molar-refractivity contribution in [2.75, 3.05) is 0 Å². The fourth-order valence-electron chi connectivity index (χ4n) is 9.31. The molecule has 1 aliphatic carbocycles. The maximum atomic E-state index is 5.35. The highest BCUT2D eigenvalue weighted by Gasteiger charge is 2.32. The zero-order valence-electron chi connectivity index (χ0n) is 31.8. The van der Waals surface area contributed by atoms with E-state index in [1.54, 1.807) is 0 Å². The molecule has 0 radical (unpaired) electrons. The summed E-state index contributed by atoms with van der Waals surface area (Å²) in [5.41, 5.74) is 10.6. The molecule has 3 heterocycles. The van der Waals surface area contributed by atoms with Crippen LogP contribution in [-0.4, -0.2) is 20.8 Å². The van der Waals surface area contributed by atoms with E-state index in [2.05, 4.69) is 191 Å². The van der Waals surface area contributed by atoms with E-state index in [0.29, 0.717) is 6.04 Å². The van der Waals surface area contributed by atoms with Crippen molar-refractivity contribution in [3.63, 3.8) is 0 Å². The van der Waals surface area contributed by atoms with Gasteiger partial charge in [0.05, 0.1) is 22.6 Å². The molecule has 0 bridgehead atoms. The van der Waals surface area contributed by atoms with Crippen LogP contribution < -0.4 is 5.32 Å². The maximum Gasteiger partial charge on any atom is 0.177 e. The molecule has 57 heavy (non-hydrogen) atoms. The lowest BCUT2D eigenvalue weighted by Gasteiger charge is -2.30. The summed E-state index contributed by atoms with van der Waals surface area (Å²) in [6.07, 6.45) is 8.29. The Balaban J connectivity index is 1.15. The molecule has 0 amide bonds. The Morgan fingerprint density at radius 2 is 1.19 bits per heavy atom. The van der Waals surface area contributed by atoms with Crippen LogP contribution in [0.5, 0.6) is 0 Å². The Kier molecular flexibility index (Phi) is 7.81. The zero-order valence-corrected chi connectivity index (χ0v) is 31.8. The number of hydrogen-bond donors (Lipinski definition) is 1. The molecular formula is C52H41N5. The molecule has 0 saturated heterocycles. The summed E-state index contributed by atoms with van der Waals surface area (Å²) in [7, 11) is 0. The monoisotopic (exact) mass is 735 g/mol. The van der Waals surface area contributed by atoms with E-state index in [1.807, 2.05) is 12.1 Å². The first kappa shape index (κ1) is 33.4. The molecule has 274 valence electrons. The van der Waals surface area contributed by atoms with Crippen LogP contribution in [0.1, 0.15) is 48.9 Å². The van der Waals surface area contributed by atoms with Crippen LogP contribution in [0, 0.1) is 0 Å². The Bertz CT molecular complexity index is 3030. The number of hydrogen-bond acceptors (Lipinski definition) is 3. The average Bonchev–Trinajstić information content (AvgIpc) is 3.81. The number of aromatic nitrogens is 2. The van der Waals surface area contributed by atoms with Crippen molar-refractivity contribution in [3.05, 3.63) is 199 Å². The van der Waals surface area contributed by atoms with Gasteiger partial charge in [-0.25, -0.2) is 9.98 Å². The van der Waals surface area contributed by atoms with Crippen molar-refractivity contribution in [3.8, 4) is 16.8 Å². The predicted molar refractivity (Wildman–Crippen MR) is 238 cm³/mol. The molecule has 11 rings (SSSR count). The summed E-state index contributed by atoms with van der Waals surface area (Å²) in [5.74, 6) is 1.60. The Morgan fingerprint density at radius 3 is 1.93 bits per heavy atom. The van der Waals surface area contributed by atoms with E-state index in [4.69, 9.17) is 9.98 Å². The van der Waals surface area contributed by atoms with Crippen molar-refractivity contribution < 1.29 is 0 Å². The first-order valence-electron chi connectivity index (χ1n) is 20.0. The smallest absolute Gasteiger partial charge is 0.177 e. The van der Waals surface area contributed by atoms with Crippen LogP contribution in [-0.2, 0) is 5.66 Å². The Hall–Kier alpha value is -6.98. The zero-order chi connectivity index (χ0) is 37.9. The van der Waals surface area contributed by atoms with Crippen molar-refractivity contribution in [1.82, 2.24) is 14.5 Å². The lowest BCUT2D eigenvalue weighted by Crippen LogP contribution is -2.40. The number of nitrogens with one attached hydrogen (secondary N) is 1. The van der Waals surface area contributed by atoms with Crippen LogP contribution in [0.15, 0.2) is 192 Å². The predicted octanol–water partition coefficient (Wildman–Crippen LogP) is 12.5. The third kappa shape index (κ3) is 5.45. The molecule has 1 aliphatic heterocycles. The van der Waals surface area contributed by atoms with E-state index < -0.39 is 5.66 Å². The van der Waals surface area contributed by atoms with E-state index in [9.17, 15) is 0 Å². The lowest BCUT2D eigenvalue weighted by molar-refractivity contribution is 0.518. The standard InChI is InChI=1S/C52H41N5/c1-52(54-50(35-18-5-2-6-19-35)53-51(55-52)36-20-7-3-8-21-36)37-22-15-25-39(34-37)57-45-31-13-11-26-40(45)42-29-16-30-43(49(42)57)41-28-17-33-47-48(41)44-27-12-14-32-46(44)56(47)38-23-9-4-10-24-38/h2-3,5-9,11-23,25-34,38H,4,10,24H2,1H3,(H,53,54,55). The molecule has 1 N–H and O–H groups in total. The summed E-state index contributed by atoms with van der Waals surface area (Å²) in [5, 5.41) is 8.62. The van der Waals surface area contributed by atoms with Gasteiger partial charge in [0, 0.05) is 55.0 Å². The molecule has 5 nitrogen and oxygen atoms in total. The molecule has 5 heteroatoms. The van der Waals surface area contributed by atoms with Crippen molar-refractivity contribution >= 4 is 55.3 Å². The van der Waals surface area contributed by atoms with Gasteiger partial charge in [-0.2, -0.15) is 0 Å². The molecule has 9 aromatic rings. The van der Waals surface area contributed by atoms with Gasteiger partial charge in [0.25, 0.3) is 0 Å². The molecule has 1 unspecified atom stereocenters. The van der Waals surface area contributed by atoms with E-state index in [-0.39, 0.29) is 0 Å². The number of allylic oxidation sites excluding steroid dienone is 2. The Labute approximate surface area is 332 Å². The van der Waals surface area contributed by atoms with Crippen molar-refractivity contribution in [2.45, 2.75) is 37.9 Å². The van der Waals surface area contributed by atoms with Gasteiger partial charge in [-0.3, -0.25) is 0 Å². The number of para-hydroxylation sites is 3. The van der Waals surface area contributed by atoms with Crippen molar-refractivity contribution in [1.29, 1.82) is 0 Å². The third-order valence-electron chi connectivity index (χ3n) is 11.9. The highest BCUT2D eigenvalue weighted by atomic mass is 15.2. The summed E-state index contributed by atoms with van der Waals surface area (Å²) in [6, 6.07) is 61.3. The van der Waals surface area contributed by atoms with Gasteiger partial charge in [-0.05, 0) is 62.1 Å². The SMILES string of the molecule is CC1(c2cccc(-n3c4ccccc4c4cccc(-c5cccc6c5c5ccccc5n6C5C=CCCC5)c43)c2)N=C(c2ccccc2)NC(c2ccccc2)=N1. The number of fused-ring (bicyclic) bond motifs is 6. The molecule has 2 aliphatic rings. The molecular weight excluding hydrogens is 695 g/mol. The molecule has 0 fully saturated rings. The van der Waals surface area contributed by atoms with Crippen molar-refractivity contribution in [2.24, 2.45) is 9.98 Å². The molecule has 0 spiro atoms. The van der Waals surface area contributed by atoms with E-state index >= 15 is 0 Å². The van der Waals surface area contributed by atoms with Crippen LogP contribution in [0.25, 0.3) is 60.4 Å². The first-order chi connectivity index (χ1) is 28.1. The second-order valence-electron chi connectivity index (χ2n) is 15.4. The minimum Gasteiger partial charge on any atom is -0.333 e. The minimum absolute atomic E-state index is 0.341. The number of nitrogens with zero attached hydrogens (tertiary/aromatic N) is 4. The van der Waals surface area contributed by atoms with Gasteiger partial charge < -0.3 is 14.5 Å². The van der Waals surface area contributed by atoms with Gasteiger partial charge in [0.2, 0.25) is 0 Å². The van der Waals surface area contributed by atoms with Crippen LogP contribution in [0.2, 0.25) is 0 Å². The van der Waals surface area contributed by atoms with Crippen LogP contribution >= 0.6 is 0 Å². The number of aliphatic imine (C=N–C) groups is 2. The molecule has 0 saturated carbocycles. The number of benzene rings is 7. The summed E-state index contributed by atoms with van der Waals surface area (Å²) < 4.78 is 5.04. The highest BCUT2D eigenvalue weighted by Crippen LogP contribution is 2.45. The van der Waals surface area contributed by atoms with Gasteiger partial charge >= 0.3 is 0 Å². The normalized spacial score (nSPS) is 16.5. The largest absolute Gasteiger partial charge is 0.333 e. The third-order valence-corrected chi connectivity index (χ3v) is 11.9. The quantitative estimate of drug-likeness (QED) is 0.170. The van der Waals surface area contributed by atoms with Crippen LogP contribution in [0.4, 0.5) is 0 Å². The Morgan fingerprint density at radius 1 is 0.579 bits per heavy atom. The van der Waals surface area contributed by atoms with Gasteiger partial charge in [-0.15, -0.1) is 0 Å². The summed E-state index contributed by atoms with van der Waals surface area (Å²) in [4.78, 5) is 10.7. The fraction of sp³-hybridized carbons (Fsp3) is 0.115. The van der Waals surface area contributed by atoms with E-state index in [0.717, 1.165) is 52.4 Å². The topological polar surface area (TPSA) is 46.6 Å². The summed E-state index contributed by atoms with van der Waals surface area (Å²) >= 11 is 0. The second-order valence-corrected chi connectivity index (χ2v) is 15.4. The van der Waals surface area contributed by atoms with Gasteiger partial charge in [0.1, 0.15) is 11.7 Å². The van der Waals surface area contributed by atoms with Gasteiger partial charge in [0.15, 0.2) is 5.66 Å². The highest BCUT2D eigenvalue weighted by molar-refractivity contribution is 6.20. The number of rotatable bonds is 6. The molecule has 7 aromatic carbocycles. The van der Waals surface area contributed by atoms with E-state index in [1.165, 1.54) is 55.6 Å². The number of amidine groups is 2. The maximum absolute atomic E-state index is 5.35. The molecule has 2 aromatic heterocycles. The molecule has 1 atom stereocenters. The average molecular weight is 736 g/mol. The lowest BCUT2D eigenvalue weighted by atomic mass is 9.96. The fourth-order valence-corrected chi connectivity index (χ4v) is 9.31. The summed E-state index contributed by atoms with van der Waals surface area (Å²) in [6.45, 7) is 2.12. The first-order valence-corrected chi connectivity index (χ1v) is 20.0. The minimum atomic E-state index is -0.889. The second kappa shape index (κ2) is 13.3. The van der Waals surface area contributed by atoms with Crippen LogP contribution in [0.3, 0.4) is 0 Å². The van der Waals surface area contributed by atoms with Gasteiger partial charge in [-0.1, -0.05) is 152 Å².